The summed E-state index contributed by atoms with van der Waals surface area (Å²) in [5, 5.41) is 1.89. The zero-order chi connectivity index (χ0) is 26.7. The van der Waals surface area contributed by atoms with Crippen LogP contribution >= 0.6 is 0 Å². The van der Waals surface area contributed by atoms with Crippen LogP contribution in [-0.4, -0.2) is 0 Å². The molecule has 38 heavy (non-hydrogen) atoms. The standard InChI is InChI=1S/C35H43FO2/c1-3-5-7-9-10-11-12-13-15-26-17-19-27(20-18-26)29-22-23-30-31-24-21-28(16-14-8-6-4-2)33(36)34(31)38-35(37)32(30)25-29/h17-25H,3-16H2,1-2H3. The second kappa shape index (κ2) is 14.3. The van der Waals surface area contributed by atoms with Gasteiger partial charge in [0.05, 0.1) is 5.39 Å². The Bertz CT molecular complexity index is 1370. The number of hydrogen-bond donors (Lipinski definition) is 0. The van der Waals surface area contributed by atoms with E-state index >= 15 is 4.39 Å². The molecule has 0 atom stereocenters. The van der Waals surface area contributed by atoms with Crippen LogP contribution in [0.4, 0.5) is 4.39 Å². The fraction of sp³-hybridized carbons (Fsp3) is 0.457. The molecule has 0 unspecified atom stereocenters. The fourth-order valence-corrected chi connectivity index (χ4v) is 5.45. The lowest BCUT2D eigenvalue weighted by atomic mass is 9.97. The van der Waals surface area contributed by atoms with Crippen molar-refractivity contribution < 1.29 is 8.81 Å². The maximum absolute atomic E-state index is 15.2. The van der Waals surface area contributed by atoms with Crippen LogP contribution in [0.3, 0.4) is 0 Å². The minimum atomic E-state index is -0.484. The van der Waals surface area contributed by atoms with Crippen LogP contribution in [0.5, 0.6) is 0 Å². The normalized spacial score (nSPS) is 11.6. The van der Waals surface area contributed by atoms with E-state index in [9.17, 15) is 4.79 Å². The Balaban J connectivity index is 1.44. The number of aryl methyl sites for hydroxylation is 2. The number of unbranched alkanes of at least 4 members (excludes halogenated alkanes) is 10. The first-order valence-electron chi connectivity index (χ1n) is 14.9. The molecule has 0 saturated carbocycles. The summed E-state index contributed by atoms with van der Waals surface area (Å²) in [5.74, 6) is -0.394. The van der Waals surface area contributed by atoms with Crippen molar-refractivity contribution >= 4 is 21.7 Å². The van der Waals surface area contributed by atoms with Gasteiger partial charge in [0.25, 0.3) is 0 Å². The van der Waals surface area contributed by atoms with Gasteiger partial charge in [-0.15, -0.1) is 0 Å². The molecule has 4 aromatic rings. The zero-order valence-corrected chi connectivity index (χ0v) is 23.3. The number of hydrogen-bond acceptors (Lipinski definition) is 2. The average molecular weight is 515 g/mol. The van der Waals surface area contributed by atoms with E-state index in [1.54, 1.807) is 0 Å². The molecule has 0 aliphatic heterocycles. The maximum Gasteiger partial charge on any atom is 0.344 e. The molecular formula is C35H43FO2. The molecule has 4 rings (SSSR count). The van der Waals surface area contributed by atoms with Crippen molar-refractivity contribution in [2.45, 2.75) is 104 Å². The summed E-state index contributed by atoms with van der Waals surface area (Å²) >= 11 is 0. The van der Waals surface area contributed by atoms with Crippen molar-refractivity contribution in [3.8, 4) is 11.1 Å². The van der Waals surface area contributed by atoms with Gasteiger partial charge < -0.3 is 4.42 Å². The molecule has 0 aliphatic rings. The molecule has 0 N–H and O–H groups in total. The smallest absolute Gasteiger partial charge is 0.344 e. The molecule has 0 amide bonds. The van der Waals surface area contributed by atoms with Crippen LogP contribution in [-0.2, 0) is 12.8 Å². The molecule has 0 spiro atoms. The van der Waals surface area contributed by atoms with Gasteiger partial charge in [-0.25, -0.2) is 9.18 Å². The van der Waals surface area contributed by atoms with Crippen LogP contribution in [0.1, 0.15) is 102 Å². The Hall–Kier alpha value is -2.94. The Kier molecular flexibility index (Phi) is 10.6. The predicted octanol–water partition coefficient (Wildman–Crippen LogP) is 10.6. The molecule has 0 bridgehead atoms. The predicted molar refractivity (Wildman–Crippen MR) is 160 cm³/mol. The van der Waals surface area contributed by atoms with Crippen molar-refractivity contribution in [1.29, 1.82) is 0 Å². The van der Waals surface area contributed by atoms with Gasteiger partial charge in [0, 0.05) is 10.8 Å². The highest BCUT2D eigenvalue weighted by Gasteiger charge is 2.15. The van der Waals surface area contributed by atoms with E-state index in [4.69, 9.17) is 4.42 Å². The van der Waals surface area contributed by atoms with Crippen molar-refractivity contribution in [3.05, 3.63) is 82.0 Å². The lowest BCUT2D eigenvalue weighted by Crippen LogP contribution is -2.03. The number of benzene rings is 3. The van der Waals surface area contributed by atoms with Crippen LogP contribution in [0.2, 0.25) is 0 Å². The highest BCUT2D eigenvalue weighted by molar-refractivity contribution is 6.05. The molecule has 0 fully saturated rings. The Morgan fingerprint density at radius 2 is 1.18 bits per heavy atom. The Labute approximate surface area is 227 Å². The number of rotatable bonds is 15. The van der Waals surface area contributed by atoms with Gasteiger partial charge in [0.15, 0.2) is 11.4 Å². The van der Waals surface area contributed by atoms with Gasteiger partial charge in [-0.1, -0.05) is 127 Å². The summed E-state index contributed by atoms with van der Waals surface area (Å²) in [7, 11) is 0. The lowest BCUT2D eigenvalue weighted by Gasteiger charge is -2.10. The van der Waals surface area contributed by atoms with Crippen LogP contribution < -0.4 is 5.63 Å². The topological polar surface area (TPSA) is 30.2 Å². The van der Waals surface area contributed by atoms with Gasteiger partial charge in [-0.05, 0) is 54.0 Å². The summed E-state index contributed by atoms with van der Waals surface area (Å²) < 4.78 is 20.8. The third-order valence-electron chi connectivity index (χ3n) is 7.81. The van der Waals surface area contributed by atoms with E-state index < -0.39 is 11.4 Å². The summed E-state index contributed by atoms with van der Waals surface area (Å²) in [4.78, 5) is 12.9. The first-order valence-corrected chi connectivity index (χ1v) is 14.9. The molecule has 0 radical (unpaired) electrons. The average Bonchev–Trinajstić information content (AvgIpc) is 2.94. The van der Waals surface area contributed by atoms with Crippen LogP contribution in [0, 0.1) is 5.82 Å². The molecule has 0 aliphatic carbocycles. The first kappa shape index (κ1) is 28.1. The molecule has 202 valence electrons. The summed E-state index contributed by atoms with van der Waals surface area (Å²) in [6.07, 6.45) is 16.7. The van der Waals surface area contributed by atoms with E-state index in [1.165, 1.54) is 56.9 Å². The minimum Gasteiger partial charge on any atom is -0.419 e. The molecule has 3 aromatic carbocycles. The molecular weight excluding hydrogens is 471 g/mol. The second-order valence-corrected chi connectivity index (χ2v) is 10.8. The van der Waals surface area contributed by atoms with E-state index in [0.29, 0.717) is 22.8 Å². The maximum atomic E-state index is 15.2. The van der Waals surface area contributed by atoms with Crippen LogP contribution in [0.15, 0.2) is 63.8 Å². The minimum absolute atomic E-state index is 0.0774. The number of halogens is 1. The second-order valence-electron chi connectivity index (χ2n) is 10.8. The van der Waals surface area contributed by atoms with Gasteiger partial charge in [0.1, 0.15) is 0 Å². The third kappa shape index (κ3) is 7.12. The van der Waals surface area contributed by atoms with Gasteiger partial charge in [-0.2, -0.15) is 0 Å². The molecule has 1 aromatic heterocycles. The van der Waals surface area contributed by atoms with E-state index in [0.717, 1.165) is 48.6 Å². The summed E-state index contributed by atoms with van der Waals surface area (Å²) in [6, 6.07) is 18.2. The summed E-state index contributed by atoms with van der Waals surface area (Å²) in [6.45, 7) is 4.42. The van der Waals surface area contributed by atoms with Crippen molar-refractivity contribution in [2.24, 2.45) is 0 Å². The van der Waals surface area contributed by atoms with Gasteiger partial charge in [0.2, 0.25) is 0 Å². The molecule has 1 heterocycles. The quantitative estimate of drug-likeness (QED) is 0.0897. The van der Waals surface area contributed by atoms with E-state index in [1.807, 2.05) is 30.3 Å². The van der Waals surface area contributed by atoms with Gasteiger partial charge >= 0.3 is 5.63 Å². The van der Waals surface area contributed by atoms with Crippen LogP contribution in [0.25, 0.3) is 32.9 Å². The highest BCUT2D eigenvalue weighted by Crippen LogP contribution is 2.30. The van der Waals surface area contributed by atoms with Crippen molar-refractivity contribution in [2.75, 3.05) is 0 Å². The first-order chi connectivity index (χ1) is 18.6. The molecule has 2 nitrogen and oxygen atoms in total. The SMILES string of the molecule is CCCCCCCCCCc1ccc(-c2ccc3c(c2)c(=O)oc2c(F)c(CCCCCC)ccc23)cc1. The zero-order valence-electron chi connectivity index (χ0n) is 23.3. The van der Waals surface area contributed by atoms with E-state index in [2.05, 4.69) is 38.1 Å². The summed E-state index contributed by atoms with van der Waals surface area (Å²) in [5.41, 5.74) is 3.61. The fourth-order valence-electron chi connectivity index (χ4n) is 5.45. The van der Waals surface area contributed by atoms with E-state index in [-0.39, 0.29) is 5.58 Å². The lowest BCUT2D eigenvalue weighted by molar-refractivity contribution is 0.522. The molecule has 3 heteroatoms. The monoisotopic (exact) mass is 514 g/mol. The third-order valence-corrected chi connectivity index (χ3v) is 7.81. The van der Waals surface area contributed by atoms with Gasteiger partial charge in [-0.3, -0.25) is 0 Å². The number of fused-ring (bicyclic) bond motifs is 3. The Morgan fingerprint density at radius 3 is 1.89 bits per heavy atom. The van der Waals surface area contributed by atoms with Crippen molar-refractivity contribution in [3.63, 3.8) is 0 Å². The molecule has 0 saturated heterocycles. The van der Waals surface area contributed by atoms with Crippen molar-refractivity contribution in [1.82, 2.24) is 0 Å². The highest BCUT2D eigenvalue weighted by atomic mass is 19.1. The Morgan fingerprint density at radius 1 is 0.605 bits per heavy atom. The largest absolute Gasteiger partial charge is 0.419 e.